The molecule has 1 aromatic carbocycles. The van der Waals surface area contributed by atoms with Crippen LogP contribution in [0.15, 0.2) is 24.3 Å². The monoisotopic (exact) mass is 329 g/mol. The van der Waals surface area contributed by atoms with E-state index >= 15 is 0 Å². The van der Waals surface area contributed by atoms with Gasteiger partial charge in [0.1, 0.15) is 5.75 Å². The SMILES string of the molecule is COc1ccc(CCNC(=O)CNN2CCOCC2)cc1.Cl. The summed E-state index contributed by atoms with van der Waals surface area (Å²) in [6.07, 6.45) is 0.813. The van der Waals surface area contributed by atoms with Crippen molar-refractivity contribution in [3.63, 3.8) is 0 Å². The number of methoxy groups -OCH3 is 1. The van der Waals surface area contributed by atoms with Crippen molar-refractivity contribution in [3.8, 4) is 5.75 Å². The molecule has 6 nitrogen and oxygen atoms in total. The van der Waals surface area contributed by atoms with Crippen LogP contribution in [0, 0.1) is 0 Å². The molecule has 0 aliphatic carbocycles. The van der Waals surface area contributed by atoms with Crippen LogP contribution in [0.2, 0.25) is 0 Å². The number of hydrogen-bond acceptors (Lipinski definition) is 5. The topological polar surface area (TPSA) is 62.8 Å². The smallest absolute Gasteiger partial charge is 0.235 e. The number of nitrogens with one attached hydrogen (secondary N) is 2. The first kappa shape index (κ1) is 18.7. The van der Waals surface area contributed by atoms with Gasteiger partial charge in [-0.15, -0.1) is 12.4 Å². The highest BCUT2D eigenvalue weighted by atomic mass is 35.5. The van der Waals surface area contributed by atoms with Gasteiger partial charge >= 0.3 is 0 Å². The van der Waals surface area contributed by atoms with Gasteiger partial charge in [-0.05, 0) is 24.1 Å². The van der Waals surface area contributed by atoms with Crippen LogP contribution in [0.4, 0.5) is 0 Å². The zero-order valence-electron chi connectivity index (χ0n) is 12.8. The predicted octanol–water partition coefficient (Wildman–Crippen LogP) is 0.613. The van der Waals surface area contributed by atoms with Crippen LogP contribution >= 0.6 is 12.4 Å². The van der Waals surface area contributed by atoms with E-state index in [0.29, 0.717) is 26.3 Å². The summed E-state index contributed by atoms with van der Waals surface area (Å²) >= 11 is 0. The molecule has 0 atom stereocenters. The van der Waals surface area contributed by atoms with E-state index in [9.17, 15) is 4.79 Å². The van der Waals surface area contributed by atoms with Gasteiger partial charge in [0.15, 0.2) is 0 Å². The maximum absolute atomic E-state index is 11.7. The molecule has 0 radical (unpaired) electrons. The number of carbonyl (C=O) groups excluding carboxylic acids is 1. The normalized spacial score (nSPS) is 15.0. The molecular weight excluding hydrogens is 306 g/mol. The van der Waals surface area contributed by atoms with Crippen LogP contribution in [0.3, 0.4) is 0 Å². The van der Waals surface area contributed by atoms with Gasteiger partial charge in [0, 0.05) is 19.6 Å². The van der Waals surface area contributed by atoms with Crippen molar-refractivity contribution < 1.29 is 14.3 Å². The molecule has 1 fully saturated rings. The number of rotatable bonds is 7. The minimum Gasteiger partial charge on any atom is -0.497 e. The Kier molecular flexibility index (Phi) is 8.84. The Labute approximate surface area is 137 Å². The van der Waals surface area contributed by atoms with Crippen LogP contribution in [0.5, 0.6) is 5.75 Å². The van der Waals surface area contributed by atoms with Gasteiger partial charge in [0.25, 0.3) is 0 Å². The first-order chi connectivity index (χ1) is 10.3. The average Bonchev–Trinajstić information content (AvgIpc) is 2.54. The van der Waals surface area contributed by atoms with E-state index in [4.69, 9.17) is 9.47 Å². The molecule has 0 bridgehead atoms. The standard InChI is InChI=1S/C15H23N3O3.ClH/c1-20-14-4-2-13(3-5-14)6-7-16-15(19)12-17-18-8-10-21-11-9-18;/h2-5,17H,6-12H2,1H3,(H,16,19);1H. The number of hydrazine groups is 1. The third-order valence-electron chi connectivity index (χ3n) is 3.37. The van der Waals surface area contributed by atoms with Crippen molar-refractivity contribution in [1.82, 2.24) is 15.8 Å². The number of halogens is 1. The third-order valence-corrected chi connectivity index (χ3v) is 3.37. The quantitative estimate of drug-likeness (QED) is 0.767. The van der Waals surface area contributed by atoms with E-state index in [-0.39, 0.29) is 18.3 Å². The molecule has 124 valence electrons. The Bertz CT molecular complexity index is 436. The Hall–Kier alpha value is -1.34. The highest BCUT2D eigenvalue weighted by Crippen LogP contribution is 2.11. The van der Waals surface area contributed by atoms with Gasteiger partial charge in [-0.3, -0.25) is 4.79 Å². The van der Waals surface area contributed by atoms with Crippen molar-refractivity contribution in [2.45, 2.75) is 6.42 Å². The Morgan fingerprint density at radius 3 is 2.59 bits per heavy atom. The van der Waals surface area contributed by atoms with Gasteiger partial charge in [-0.25, -0.2) is 10.4 Å². The summed E-state index contributed by atoms with van der Waals surface area (Å²) in [6, 6.07) is 7.88. The molecule has 2 rings (SSSR count). The highest BCUT2D eigenvalue weighted by Gasteiger charge is 2.10. The van der Waals surface area contributed by atoms with Gasteiger partial charge in [-0.1, -0.05) is 12.1 Å². The second-order valence-electron chi connectivity index (χ2n) is 4.88. The molecule has 1 aliphatic heterocycles. The van der Waals surface area contributed by atoms with E-state index in [1.807, 2.05) is 29.3 Å². The van der Waals surface area contributed by atoms with Crippen LogP contribution in [-0.4, -0.2) is 57.4 Å². The highest BCUT2D eigenvalue weighted by molar-refractivity contribution is 5.85. The molecule has 0 saturated carbocycles. The number of benzene rings is 1. The summed E-state index contributed by atoms with van der Waals surface area (Å²) in [7, 11) is 1.65. The zero-order chi connectivity index (χ0) is 14.9. The lowest BCUT2D eigenvalue weighted by Gasteiger charge is -2.26. The fourth-order valence-electron chi connectivity index (χ4n) is 2.11. The van der Waals surface area contributed by atoms with Crippen molar-refractivity contribution >= 4 is 18.3 Å². The zero-order valence-corrected chi connectivity index (χ0v) is 13.7. The lowest BCUT2D eigenvalue weighted by atomic mass is 10.1. The Morgan fingerprint density at radius 2 is 1.95 bits per heavy atom. The molecule has 1 amide bonds. The molecule has 1 aromatic rings. The third kappa shape index (κ3) is 6.62. The fraction of sp³-hybridized carbons (Fsp3) is 0.533. The van der Waals surface area contributed by atoms with Crippen molar-refractivity contribution in [3.05, 3.63) is 29.8 Å². The number of ether oxygens (including phenoxy) is 2. The van der Waals surface area contributed by atoms with Crippen molar-refractivity contribution in [1.29, 1.82) is 0 Å². The van der Waals surface area contributed by atoms with E-state index in [1.165, 1.54) is 5.56 Å². The lowest BCUT2D eigenvalue weighted by Crippen LogP contribution is -2.49. The van der Waals surface area contributed by atoms with Crippen LogP contribution < -0.4 is 15.5 Å². The Balaban J connectivity index is 0.00000242. The number of morpholine rings is 1. The maximum atomic E-state index is 11.7. The molecule has 0 aromatic heterocycles. The molecule has 0 unspecified atom stereocenters. The molecule has 1 heterocycles. The molecule has 2 N–H and O–H groups in total. The van der Waals surface area contributed by atoms with E-state index < -0.39 is 0 Å². The second-order valence-corrected chi connectivity index (χ2v) is 4.88. The summed E-state index contributed by atoms with van der Waals surface area (Å²) in [5.41, 5.74) is 4.29. The first-order valence-corrected chi connectivity index (χ1v) is 7.24. The van der Waals surface area contributed by atoms with Crippen molar-refractivity contribution in [2.75, 3.05) is 46.5 Å². The number of nitrogens with zero attached hydrogens (tertiary/aromatic N) is 1. The Morgan fingerprint density at radius 1 is 1.27 bits per heavy atom. The van der Waals surface area contributed by atoms with E-state index in [1.54, 1.807) is 7.11 Å². The summed E-state index contributed by atoms with van der Waals surface area (Å²) in [5, 5.41) is 4.93. The van der Waals surface area contributed by atoms with Crippen LogP contribution in [0.1, 0.15) is 5.56 Å². The molecule has 1 aliphatic rings. The summed E-state index contributed by atoms with van der Waals surface area (Å²) < 4.78 is 10.4. The maximum Gasteiger partial charge on any atom is 0.235 e. The molecule has 1 saturated heterocycles. The van der Waals surface area contributed by atoms with Gasteiger partial charge in [0.2, 0.25) is 5.91 Å². The fourth-order valence-corrected chi connectivity index (χ4v) is 2.11. The second kappa shape index (κ2) is 10.4. The van der Waals surface area contributed by atoms with Gasteiger partial charge in [0.05, 0.1) is 26.9 Å². The largest absolute Gasteiger partial charge is 0.497 e. The molecule has 7 heteroatoms. The predicted molar refractivity (Wildman–Crippen MR) is 87.4 cm³/mol. The average molecular weight is 330 g/mol. The summed E-state index contributed by atoms with van der Waals surface area (Å²) in [5.74, 6) is 0.854. The van der Waals surface area contributed by atoms with Crippen molar-refractivity contribution in [2.24, 2.45) is 0 Å². The van der Waals surface area contributed by atoms with Gasteiger partial charge < -0.3 is 14.8 Å². The molecule has 0 spiro atoms. The number of hydrogen-bond donors (Lipinski definition) is 2. The number of amides is 1. The first-order valence-electron chi connectivity index (χ1n) is 7.24. The summed E-state index contributed by atoms with van der Waals surface area (Å²) in [6.45, 7) is 4.01. The molecular formula is C15H24ClN3O3. The van der Waals surface area contributed by atoms with Crippen LogP contribution in [0.25, 0.3) is 0 Å². The number of carbonyl (C=O) groups is 1. The lowest BCUT2D eigenvalue weighted by molar-refractivity contribution is -0.121. The minimum absolute atomic E-state index is 0. The summed E-state index contributed by atoms with van der Waals surface area (Å²) in [4.78, 5) is 11.7. The molecule has 22 heavy (non-hydrogen) atoms. The van der Waals surface area contributed by atoms with Gasteiger partial charge in [-0.2, -0.15) is 0 Å². The van der Waals surface area contributed by atoms with E-state index in [0.717, 1.165) is 25.3 Å². The van der Waals surface area contributed by atoms with E-state index in [2.05, 4.69) is 10.7 Å². The minimum atomic E-state index is 0. The van der Waals surface area contributed by atoms with Crippen LogP contribution in [-0.2, 0) is 16.0 Å².